The number of pyridine rings is 1. The van der Waals surface area contributed by atoms with Crippen LogP contribution in [0.1, 0.15) is 48.9 Å². The van der Waals surface area contributed by atoms with Gasteiger partial charge < -0.3 is 24.6 Å². The van der Waals surface area contributed by atoms with E-state index in [-0.39, 0.29) is 17.7 Å². The summed E-state index contributed by atoms with van der Waals surface area (Å²) in [6.45, 7) is 6.97. The van der Waals surface area contributed by atoms with Gasteiger partial charge in [-0.15, -0.1) is 0 Å². The molecule has 2 N–H and O–H groups in total. The third kappa shape index (κ3) is 3.94. The number of nitrogens with one attached hydrogen (secondary N) is 1. The van der Waals surface area contributed by atoms with Gasteiger partial charge in [0.15, 0.2) is 5.82 Å². The number of anilines is 1. The van der Waals surface area contributed by atoms with Crippen molar-refractivity contribution in [2.45, 2.75) is 45.3 Å². The molecule has 3 heterocycles. The average molecular weight is 387 g/mol. The highest BCUT2D eigenvalue weighted by atomic mass is 16.5. The first kappa shape index (κ1) is 18.7. The molecule has 1 aliphatic heterocycles. The molecule has 1 aliphatic carbocycles. The second-order valence-corrected chi connectivity index (χ2v) is 8.05. The van der Waals surface area contributed by atoms with Crippen LogP contribution in [0.5, 0.6) is 5.88 Å². The first-order valence-corrected chi connectivity index (χ1v) is 9.52. The molecule has 0 unspecified atom stereocenters. The molecule has 9 nitrogen and oxygen atoms in total. The molecule has 0 aromatic carbocycles. The quantitative estimate of drug-likeness (QED) is 0.733. The van der Waals surface area contributed by atoms with Crippen LogP contribution in [0.25, 0.3) is 0 Å². The van der Waals surface area contributed by atoms with Crippen molar-refractivity contribution in [3.8, 4) is 5.88 Å². The van der Waals surface area contributed by atoms with Gasteiger partial charge in [-0.2, -0.15) is 4.98 Å². The molecule has 9 heteroatoms. The fourth-order valence-corrected chi connectivity index (χ4v) is 3.00. The Balaban J connectivity index is 1.52. The van der Waals surface area contributed by atoms with Gasteiger partial charge >= 0.3 is 0 Å². The summed E-state index contributed by atoms with van der Waals surface area (Å²) in [6, 6.07) is 3.48. The Labute approximate surface area is 163 Å². The van der Waals surface area contributed by atoms with Crippen LogP contribution in [-0.2, 0) is 5.54 Å². The molecule has 28 heavy (non-hydrogen) atoms. The van der Waals surface area contributed by atoms with E-state index >= 15 is 0 Å². The van der Waals surface area contributed by atoms with Crippen LogP contribution in [0.3, 0.4) is 0 Å². The molecule has 0 atom stereocenters. The number of β-amino-alcohol motifs (C(OH)–C–C–N with tert-alkyl or cyclic N) is 1. The van der Waals surface area contributed by atoms with Crippen LogP contribution in [0, 0.1) is 12.8 Å². The van der Waals surface area contributed by atoms with Gasteiger partial charge in [-0.05, 0) is 44.7 Å². The summed E-state index contributed by atoms with van der Waals surface area (Å²) in [4.78, 5) is 23.4. The molecule has 1 saturated heterocycles. The number of aliphatic hydroxyl groups excluding tert-OH is 1. The van der Waals surface area contributed by atoms with Crippen LogP contribution >= 0.6 is 0 Å². The molecule has 1 saturated carbocycles. The number of aromatic nitrogens is 3. The first-order valence-electron chi connectivity index (χ1n) is 9.52. The largest absolute Gasteiger partial charge is 0.476 e. The van der Waals surface area contributed by atoms with E-state index in [4.69, 9.17) is 9.26 Å². The Morgan fingerprint density at radius 1 is 1.36 bits per heavy atom. The Morgan fingerprint density at radius 2 is 2.11 bits per heavy atom. The number of aliphatic hydroxyl groups is 1. The second-order valence-electron chi connectivity index (χ2n) is 8.05. The zero-order valence-electron chi connectivity index (χ0n) is 16.3. The highest BCUT2D eigenvalue weighted by Gasteiger charge is 2.32. The number of rotatable bonds is 7. The lowest BCUT2D eigenvalue weighted by Gasteiger charge is -2.38. The van der Waals surface area contributed by atoms with E-state index in [1.165, 1.54) is 0 Å². The van der Waals surface area contributed by atoms with Gasteiger partial charge in [0.1, 0.15) is 11.4 Å². The van der Waals surface area contributed by atoms with E-state index in [1.807, 2.05) is 11.0 Å². The molecule has 0 radical (unpaired) electrons. The fourth-order valence-electron chi connectivity index (χ4n) is 3.00. The minimum absolute atomic E-state index is 0.254. The maximum atomic E-state index is 12.8. The topological polar surface area (TPSA) is 114 Å². The number of hydrogen-bond acceptors (Lipinski definition) is 8. The third-order valence-corrected chi connectivity index (χ3v) is 4.94. The molecule has 2 fully saturated rings. The molecular formula is C19H25N5O4. The number of aryl methyl sites for hydroxylation is 1. The summed E-state index contributed by atoms with van der Waals surface area (Å²) in [6.07, 6.45) is 1.99. The number of nitrogens with zero attached hydrogens (tertiary/aromatic N) is 4. The monoisotopic (exact) mass is 387 g/mol. The summed E-state index contributed by atoms with van der Waals surface area (Å²) in [5.74, 6) is 1.48. The van der Waals surface area contributed by atoms with E-state index in [9.17, 15) is 9.90 Å². The number of carbonyl (C=O) groups excluding carboxylic acids is 1. The van der Waals surface area contributed by atoms with Crippen molar-refractivity contribution in [2.24, 2.45) is 5.92 Å². The summed E-state index contributed by atoms with van der Waals surface area (Å²) in [5.41, 5.74) is 0.241. The van der Waals surface area contributed by atoms with E-state index < -0.39 is 5.54 Å². The van der Waals surface area contributed by atoms with Gasteiger partial charge in [0.05, 0.1) is 18.2 Å². The lowest BCUT2D eigenvalue weighted by Crippen LogP contribution is -2.51. The smallest absolute Gasteiger partial charge is 0.270 e. The molecule has 2 aliphatic rings. The van der Waals surface area contributed by atoms with Crippen molar-refractivity contribution in [3.63, 3.8) is 0 Å². The summed E-state index contributed by atoms with van der Waals surface area (Å²) in [7, 11) is 0. The van der Waals surface area contributed by atoms with E-state index in [1.54, 1.807) is 26.8 Å². The lowest BCUT2D eigenvalue weighted by atomic mass is 10.0. The second kappa shape index (κ2) is 7.05. The van der Waals surface area contributed by atoms with Crippen LogP contribution in [0.15, 0.2) is 16.7 Å². The minimum atomic E-state index is -0.814. The van der Waals surface area contributed by atoms with Crippen molar-refractivity contribution in [1.29, 1.82) is 0 Å². The maximum absolute atomic E-state index is 12.8. The van der Waals surface area contributed by atoms with Crippen molar-refractivity contribution in [2.75, 3.05) is 24.6 Å². The van der Waals surface area contributed by atoms with Crippen LogP contribution in [0.2, 0.25) is 0 Å². The molecular weight excluding hydrogens is 362 g/mol. The molecule has 0 bridgehead atoms. The summed E-state index contributed by atoms with van der Waals surface area (Å²) in [5, 5.41) is 16.4. The standard InChI is InChI=1S/C19H25N5O4/c1-11-20-18(23-28-11)19(2,3)22-16(26)14-6-7-15(24-8-13(25)9-24)17(21-14)27-10-12-4-5-12/h6-7,12-13,25H,4-5,8-10H2,1-3H3,(H,22,26). The van der Waals surface area contributed by atoms with Crippen LogP contribution in [0.4, 0.5) is 5.69 Å². The van der Waals surface area contributed by atoms with Crippen molar-refractivity contribution in [3.05, 3.63) is 29.5 Å². The number of hydrogen-bond donors (Lipinski definition) is 2. The molecule has 2 aromatic heterocycles. The third-order valence-electron chi connectivity index (χ3n) is 4.94. The predicted molar refractivity (Wildman–Crippen MR) is 100 cm³/mol. The predicted octanol–water partition coefficient (Wildman–Crippen LogP) is 1.41. The Hall–Kier alpha value is -2.68. The Morgan fingerprint density at radius 3 is 2.71 bits per heavy atom. The fraction of sp³-hybridized carbons (Fsp3) is 0.579. The van der Waals surface area contributed by atoms with Crippen molar-refractivity contribution in [1.82, 2.24) is 20.4 Å². The van der Waals surface area contributed by atoms with Gasteiger partial charge in [-0.3, -0.25) is 4.79 Å². The normalized spacial score (nSPS) is 17.4. The van der Waals surface area contributed by atoms with Crippen LogP contribution < -0.4 is 15.0 Å². The molecule has 0 spiro atoms. The van der Waals surface area contributed by atoms with Crippen molar-refractivity contribution < 1.29 is 19.2 Å². The van der Waals surface area contributed by atoms with Gasteiger partial charge in [0.2, 0.25) is 11.8 Å². The SMILES string of the molecule is Cc1nc(C(C)(C)NC(=O)c2ccc(N3CC(O)C3)c(OCC3CC3)n2)no1. The van der Waals surface area contributed by atoms with Gasteiger partial charge in [0.25, 0.3) is 5.91 Å². The summed E-state index contributed by atoms with van der Waals surface area (Å²) >= 11 is 0. The zero-order valence-corrected chi connectivity index (χ0v) is 16.3. The van der Waals surface area contributed by atoms with E-state index in [0.29, 0.717) is 43.2 Å². The molecule has 150 valence electrons. The number of ether oxygens (including phenoxy) is 1. The lowest BCUT2D eigenvalue weighted by molar-refractivity contribution is 0.0900. The minimum Gasteiger partial charge on any atom is -0.476 e. The van der Waals surface area contributed by atoms with E-state index in [2.05, 4.69) is 20.4 Å². The number of amides is 1. The average Bonchev–Trinajstić information content (AvgIpc) is 3.35. The highest BCUT2D eigenvalue weighted by molar-refractivity contribution is 5.93. The van der Waals surface area contributed by atoms with Gasteiger partial charge in [-0.25, -0.2) is 4.98 Å². The zero-order chi connectivity index (χ0) is 19.9. The Bertz CT molecular complexity index is 871. The van der Waals surface area contributed by atoms with Gasteiger partial charge in [0, 0.05) is 20.0 Å². The Kier molecular flexibility index (Phi) is 4.70. The van der Waals surface area contributed by atoms with Gasteiger partial charge in [-0.1, -0.05) is 5.16 Å². The first-order chi connectivity index (χ1) is 13.3. The number of carbonyl (C=O) groups is 1. The van der Waals surface area contributed by atoms with E-state index in [0.717, 1.165) is 18.5 Å². The van der Waals surface area contributed by atoms with Crippen molar-refractivity contribution >= 4 is 11.6 Å². The molecule has 2 aromatic rings. The van der Waals surface area contributed by atoms with Crippen LogP contribution in [-0.4, -0.2) is 51.9 Å². The molecule has 1 amide bonds. The molecule has 4 rings (SSSR count). The summed E-state index contributed by atoms with van der Waals surface area (Å²) < 4.78 is 10.9. The maximum Gasteiger partial charge on any atom is 0.270 e. The highest BCUT2D eigenvalue weighted by Crippen LogP contribution is 2.34.